The van der Waals surface area contributed by atoms with Crippen LogP contribution in [0.4, 0.5) is 4.79 Å². The average molecular weight is 363 g/mol. The molecule has 0 aromatic heterocycles. The molecule has 1 rings (SSSR count). The molecule has 0 unspecified atom stereocenters. The smallest absolute Gasteiger partial charge is 0.408 e. The minimum atomic E-state index is -0.596. The molecule has 20 heavy (non-hydrogen) atoms. The van der Waals surface area contributed by atoms with E-state index in [0.717, 1.165) is 16.3 Å². The Bertz CT molecular complexity index is 500. The molecule has 0 saturated heterocycles. The van der Waals surface area contributed by atoms with Crippen molar-refractivity contribution in [2.45, 2.75) is 38.8 Å². The van der Waals surface area contributed by atoms with E-state index in [1.165, 1.54) is 0 Å². The van der Waals surface area contributed by atoms with Crippen molar-refractivity contribution in [3.8, 4) is 0 Å². The van der Waals surface area contributed by atoms with Crippen molar-refractivity contribution in [2.75, 3.05) is 0 Å². The molecule has 0 fully saturated rings. The number of rotatable bonds is 4. The molecule has 1 aromatic carbocycles. The molecule has 0 bridgehead atoms. The van der Waals surface area contributed by atoms with Gasteiger partial charge in [-0.2, -0.15) is 0 Å². The number of alkyl carbamates (subject to hydrolysis) is 1. The molecule has 1 amide bonds. The van der Waals surface area contributed by atoms with Gasteiger partial charge in [0, 0.05) is 15.9 Å². The fourth-order valence-electron chi connectivity index (χ4n) is 1.59. The number of carbonyl (C=O) groups excluding carboxylic acids is 2. The molecule has 1 atom stereocenters. The van der Waals surface area contributed by atoms with E-state index in [1.807, 2.05) is 0 Å². The van der Waals surface area contributed by atoms with E-state index in [-0.39, 0.29) is 6.42 Å². The third-order valence-corrected chi connectivity index (χ3v) is 3.31. The first-order chi connectivity index (χ1) is 9.23. The number of hydrogen-bond acceptors (Lipinski definition) is 3. The molecule has 0 spiro atoms. The van der Waals surface area contributed by atoms with Crippen molar-refractivity contribution in [1.82, 2.24) is 5.32 Å². The first-order valence-electron chi connectivity index (χ1n) is 6.11. The summed E-state index contributed by atoms with van der Waals surface area (Å²) in [5.41, 5.74) is 0.136. The molecular formula is C14H17BrClNO3. The highest BCUT2D eigenvalue weighted by atomic mass is 79.9. The SMILES string of the molecule is CC(C)(C)OC(=O)N[C@H](CC=O)c1cc(Cl)ccc1Br. The highest BCUT2D eigenvalue weighted by Crippen LogP contribution is 2.28. The van der Waals surface area contributed by atoms with Gasteiger partial charge >= 0.3 is 6.09 Å². The van der Waals surface area contributed by atoms with Crippen molar-refractivity contribution in [2.24, 2.45) is 0 Å². The number of ether oxygens (including phenoxy) is 1. The van der Waals surface area contributed by atoms with E-state index >= 15 is 0 Å². The highest BCUT2D eigenvalue weighted by Gasteiger charge is 2.21. The summed E-state index contributed by atoms with van der Waals surface area (Å²) in [6, 6.07) is 4.71. The van der Waals surface area contributed by atoms with Crippen LogP contribution in [0.5, 0.6) is 0 Å². The van der Waals surface area contributed by atoms with E-state index in [9.17, 15) is 9.59 Å². The van der Waals surface area contributed by atoms with Gasteiger partial charge in [0.1, 0.15) is 11.9 Å². The Balaban J connectivity index is 2.91. The predicted molar refractivity (Wildman–Crippen MR) is 81.9 cm³/mol. The maximum atomic E-state index is 11.8. The molecular weight excluding hydrogens is 346 g/mol. The van der Waals surface area contributed by atoms with Gasteiger partial charge in [-0.15, -0.1) is 0 Å². The van der Waals surface area contributed by atoms with Gasteiger partial charge in [-0.3, -0.25) is 0 Å². The third kappa shape index (κ3) is 5.51. The topological polar surface area (TPSA) is 55.4 Å². The number of carbonyl (C=O) groups is 2. The van der Waals surface area contributed by atoms with Crippen molar-refractivity contribution in [3.63, 3.8) is 0 Å². The van der Waals surface area contributed by atoms with Crippen LogP contribution in [0.15, 0.2) is 22.7 Å². The van der Waals surface area contributed by atoms with Gasteiger partial charge in [-0.05, 0) is 44.5 Å². The Kier molecular flexibility index (Phi) is 6.02. The Morgan fingerprint density at radius 2 is 2.15 bits per heavy atom. The molecule has 4 nitrogen and oxygen atoms in total. The van der Waals surface area contributed by atoms with E-state index in [0.29, 0.717) is 5.02 Å². The summed E-state index contributed by atoms with van der Waals surface area (Å²) in [6.45, 7) is 5.32. The standard InChI is InChI=1S/C14H17BrClNO3/c1-14(2,3)20-13(19)17-12(6-7-18)10-8-9(16)4-5-11(10)15/h4-5,7-8,12H,6H2,1-3H3,(H,17,19)/t12-/m1/s1. The minimum Gasteiger partial charge on any atom is -0.444 e. The molecule has 1 N–H and O–H groups in total. The summed E-state index contributed by atoms with van der Waals surface area (Å²) in [7, 11) is 0. The zero-order chi connectivity index (χ0) is 15.3. The van der Waals surface area contributed by atoms with Crippen LogP contribution in [0.3, 0.4) is 0 Å². The number of benzene rings is 1. The second-order valence-electron chi connectivity index (χ2n) is 5.27. The van der Waals surface area contributed by atoms with E-state index in [4.69, 9.17) is 16.3 Å². The van der Waals surface area contributed by atoms with Crippen molar-refractivity contribution >= 4 is 39.9 Å². The predicted octanol–water partition coefficient (Wildman–Crippen LogP) is 4.26. The molecule has 0 aliphatic heterocycles. The largest absolute Gasteiger partial charge is 0.444 e. The monoisotopic (exact) mass is 361 g/mol. The lowest BCUT2D eigenvalue weighted by Gasteiger charge is -2.23. The van der Waals surface area contributed by atoms with Crippen LogP contribution in [0.25, 0.3) is 0 Å². The molecule has 0 radical (unpaired) electrons. The lowest BCUT2D eigenvalue weighted by molar-refractivity contribution is -0.108. The zero-order valence-corrected chi connectivity index (χ0v) is 13.9. The Labute approximate surface area is 132 Å². The van der Waals surface area contributed by atoms with E-state index in [2.05, 4.69) is 21.2 Å². The maximum absolute atomic E-state index is 11.8. The fourth-order valence-corrected chi connectivity index (χ4v) is 2.29. The molecule has 0 aliphatic rings. The van der Waals surface area contributed by atoms with Crippen molar-refractivity contribution in [3.05, 3.63) is 33.3 Å². The van der Waals surface area contributed by atoms with E-state index in [1.54, 1.807) is 39.0 Å². The first kappa shape index (κ1) is 17.0. The second kappa shape index (κ2) is 7.09. The summed E-state index contributed by atoms with van der Waals surface area (Å²) >= 11 is 9.34. The summed E-state index contributed by atoms with van der Waals surface area (Å²) in [5, 5.41) is 3.21. The van der Waals surface area contributed by atoms with Crippen LogP contribution in [0.1, 0.15) is 38.8 Å². The first-order valence-corrected chi connectivity index (χ1v) is 7.28. The Morgan fingerprint density at radius 1 is 1.50 bits per heavy atom. The molecule has 1 aromatic rings. The van der Waals surface area contributed by atoms with Crippen molar-refractivity contribution in [1.29, 1.82) is 0 Å². The fraction of sp³-hybridized carbons (Fsp3) is 0.429. The van der Waals surface area contributed by atoms with Gasteiger partial charge in [-0.25, -0.2) is 4.79 Å². The molecule has 0 saturated carbocycles. The van der Waals surface area contributed by atoms with Crippen LogP contribution < -0.4 is 5.32 Å². The van der Waals surface area contributed by atoms with Crippen LogP contribution in [-0.2, 0) is 9.53 Å². The van der Waals surface area contributed by atoms with Crippen LogP contribution in [0, 0.1) is 0 Å². The summed E-state index contributed by atoms with van der Waals surface area (Å²) in [6.07, 6.45) is 0.310. The number of aldehydes is 1. The average Bonchev–Trinajstić information content (AvgIpc) is 2.29. The van der Waals surface area contributed by atoms with Gasteiger partial charge in [0.05, 0.1) is 6.04 Å². The van der Waals surface area contributed by atoms with Gasteiger partial charge < -0.3 is 14.8 Å². The number of amides is 1. The number of nitrogens with one attached hydrogen (secondary N) is 1. The Hall–Kier alpha value is -1.07. The van der Waals surface area contributed by atoms with Gasteiger partial charge in [0.25, 0.3) is 0 Å². The lowest BCUT2D eigenvalue weighted by Crippen LogP contribution is -2.35. The van der Waals surface area contributed by atoms with Gasteiger partial charge in [-0.1, -0.05) is 27.5 Å². The number of halogens is 2. The quantitative estimate of drug-likeness (QED) is 0.814. The van der Waals surface area contributed by atoms with Crippen molar-refractivity contribution < 1.29 is 14.3 Å². The third-order valence-electron chi connectivity index (χ3n) is 2.36. The maximum Gasteiger partial charge on any atom is 0.408 e. The molecule has 0 heterocycles. The summed E-state index contributed by atoms with van der Waals surface area (Å²) in [4.78, 5) is 22.6. The van der Waals surface area contributed by atoms with E-state index < -0.39 is 17.7 Å². The number of hydrogen-bond donors (Lipinski definition) is 1. The normalized spacial score (nSPS) is 12.7. The summed E-state index contributed by atoms with van der Waals surface area (Å²) < 4.78 is 5.96. The summed E-state index contributed by atoms with van der Waals surface area (Å²) in [5.74, 6) is 0. The van der Waals surface area contributed by atoms with Gasteiger partial charge in [0.15, 0.2) is 0 Å². The highest BCUT2D eigenvalue weighted by molar-refractivity contribution is 9.10. The van der Waals surface area contributed by atoms with Crippen LogP contribution in [0.2, 0.25) is 5.02 Å². The van der Waals surface area contributed by atoms with Crippen LogP contribution >= 0.6 is 27.5 Å². The molecule has 0 aliphatic carbocycles. The molecule has 110 valence electrons. The zero-order valence-electron chi connectivity index (χ0n) is 11.6. The van der Waals surface area contributed by atoms with Crippen LogP contribution in [-0.4, -0.2) is 18.0 Å². The minimum absolute atomic E-state index is 0.137. The van der Waals surface area contributed by atoms with Gasteiger partial charge in [0.2, 0.25) is 0 Å². The Morgan fingerprint density at radius 3 is 2.70 bits per heavy atom. The lowest BCUT2D eigenvalue weighted by atomic mass is 10.0. The second-order valence-corrected chi connectivity index (χ2v) is 6.56. The molecule has 6 heteroatoms.